The second-order valence-electron chi connectivity index (χ2n) is 6.32. The average molecular weight is 288 g/mol. The fourth-order valence-corrected chi connectivity index (χ4v) is 3.29. The molecule has 21 heavy (non-hydrogen) atoms. The lowest BCUT2D eigenvalue weighted by Crippen LogP contribution is -2.54. The molecule has 1 saturated heterocycles. The van der Waals surface area contributed by atoms with Crippen LogP contribution in [0.25, 0.3) is 0 Å². The van der Waals surface area contributed by atoms with E-state index < -0.39 is 17.9 Å². The molecule has 1 fully saturated rings. The third-order valence-electron chi connectivity index (χ3n) is 4.46. The fourth-order valence-electron chi connectivity index (χ4n) is 3.29. The lowest BCUT2D eigenvalue weighted by atomic mass is 9.85. The zero-order valence-electron chi connectivity index (χ0n) is 12.3. The normalized spacial score (nSPS) is 31.3. The van der Waals surface area contributed by atoms with Crippen LogP contribution >= 0.6 is 0 Å². The van der Waals surface area contributed by atoms with Gasteiger partial charge in [-0.3, -0.25) is 4.90 Å². The third-order valence-corrected chi connectivity index (χ3v) is 4.46. The number of benzene rings is 1. The molecule has 1 unspecified atom stereocenters. The van der Waals surface area contributed by atoms with Crippen molar-refractivity contribution < 1.29 is 14.9 Å². The van der Waals surface area contributed by atoms with E-state index in [2.05, 4.69) is 6.07 Å². The molecule has 0 amide bonds. The molecular formula is C16H20N2O3. The zero-order chi connectivity index (χ0) is 15.2. The van der Waals surface area contributed by atoms with Crippen LogP contribution in [0, 0.1) is 11.3 Å². The number of hydrogen-bond acceptors (Lipinski definition) is 5. The molecule has 5 nitrogen and oxygen atoms in total. The van der Waals surface area contributed by atoms with E-state index in [1.807, 2.05) is 18.7 Å². The van der Waals surface area contributed by atoms with Gasteiger partial charge >= 0.3 is 0 Å². The van der Waals surface area contributed by atoms with Crippen molar-refractivity contribution in [3.8, 4) is 11.8 Å². The van der Waals surface area contributed by atoms with Gasteiger partial charge in [-0.1, -0.05) is 0 Å². The molecule has 2 N–H and O–H groups in total. The Kier molecular flexibility index (Phi) is 3.40. The van der Waals surface area contributed by atoms with Crippen LogP contribution in [0.15, 0.2) is 18.2 Å². The number of hydrogen-bond donors (Lipinski definition) is 2. The Labute approximate surface area is 124 Å². The number of nitrogens with zero attached hydrogens (tertiary/aromatic N) is 2. The van der Waals surface area contributed by atoms with E-state index in [0.29, 0.717) is 17.7 Å². The first kappa shape index (κ1) is 14.3. The van der Waals surface area contributed by atoms with Gasteiger partial charge in [0.1, 0.15) is 23.7 Å². The maximum atomic E-state index is 10.7. The second-order valence-corrected chi connectivity index (χ2v) is 6.32. The lowest BCUT2D eigenvalue weighted by molar-refractivity contribution is -0.117. The highest BCUT2D eigenvalue weighted by molar-refractivity contribution is 5.46. The highest BCUT2D eigenvalue weighted by atomic mass is 16.5. The smallest absolute Gasteiger partial charge is 0.131 e. The largest absolute Gasteiger partial charge is 0.485 e. The van der Waals surface area contributed by atoms with Gasteiger partial charge in [-0.05, 0) is 44.9 Å². The van der Waals surface area contributed by atoms with Crippen molar-refractivity contribution in [1.82, 2.24) is 4.90 Å². The van der Waals surface area contributed by atoms with Crippen LogP contribution in [-0.2, 0) is 0 Å². The Morgan fingerprint density at radius 2 is 2.14 bits per heavy atom. The average Bonchev–Trinajstić information content (AvgIpc) is 2.86. The summed E-state index contributed by atoms with van der Waals surface area (Å²) >= 11 is 0. The first-order chi connectivity index (χ1) is 9.94. The van der Waals surface area contributed by atoms with Crippen molar-refractivity contribution >= 4 is 0 Å². The van der Waals surface area contributed by atoms with Gasteiger partial charge in [0, 0.05) is 12.1 Å². The summed E-state index contributed by atoms with van der Waals surface area (Å²) in [5.74, 6) is 0.674. The number of aliphatic hydroxyl groups is 2. The Hall–Kier alpha value is -1.61. The molecule has 1 aromatic rings. The molecule has 2 heterocycles. The van der Waals surface area contributed by atoms with Crippen LogP contribution in [0.2, 0.25) is 0 Å². The molecule has 2 aliphatic heterocycles. The molecule has 0 spiro atoms. The van der Waals surface area contributed by atoms with E-state index in [-0.39, 0.29) is 6.04 Å². The van der Waals surface area contributed by atoms with Gasteiger partial charge in [0.05, 0.1) is 17.7 Å². The molecule has 0 saturated carbocycles. The van der Waals surface area contributed by atoms with Gasteiger partial charge in [-0.2, -0.15) is 5.26 Å². The van der Waals surface area contributed by atoms with E-state index in [4.69, 9.17) is 10.00 Å². The van der Waals surface area contributed by atoms with E-state index in [0.717, 1.165) is 18.5 Å². The van der Waals surface area contributed by atoms with E-state index in [1.54, 1.807) is 18.2 Å². The summed E-state index contributed by atoms with van der Waals surface area (Å²) in [5, 5.41) is 30.0. The minimum absolute atomic E-state index is 0.352. The Bertz CT molecular complexity index is 594. The topological polar surface area (TPSA) is 76.7 Å². The molecule has 0 aliphatic carbocycles. The van der Waals surface area contributed by atoms with Crippen LogP contribution in [0.4, 0.5) is 0 Å². The summed E-state index contributed by atoms with van der Waals surface area (Å²) in [7, 11) is 0. The molecular weight excluding hydrogens is 268 g/mol. The van der Waals surface area contributed by atoms with Crippen molar-refractivity contribution in [2.45, 2.75) is 50.7 Å². The summed E-state index contributed by atoms with van der Waals surface area (Å²) in [6, 6.07) is 7.01. The summed E-state index contributed by atoms with van der Waals surface area (Å²) in [6.45, 7) is 4.41. The number of fused-ring (bicyclic) bond motifs is 1. The predicted molar refractivity (Wildman–Crippen MR) is 76.6 cm³/mol. The van der Waals surface area contributed by atoms with E-state index in [9.17, 15) is 10.2 Å². The minimum atomic E-state index is -0.772. The van der Waals surface area contributed by atoms with Crippen LogP contribution < -0.4 is 4.74 Å². The lowest BCUT2D eigenvalue weighted by Gasteiger charge is -2.46. The predicted octanol–water partition coefficient (Wildman–Crippen LogP) is 1.55. The summed E-state index contributed by atoms with van der Waals surface area (Å²) < 4.78 is 5.89. The number of aliphatic hydroxyl groups excluding tert-OH is 2. The van der Waals surface area contributed by atoms with Crippen molar-refractivity contribution in [1.29, 1.82) is 5.26 Å². The highest BCUT2D eigenvalue weighted by Crippen LogP contribution is 2.45. The molecule has 0 bridgehead atoms. The van der Waals surface area contributed by atoms with Gasteiger partial charge in [0.25, 0.3) is 0 Å². The fraction of sp³-hybridized carbons (Fsp3) is 0.562. The Balaban J connectivity index is 2.10. The van der Waals surface area contributed by atoms with Crippen molar-refractivity contribution in [2.24, 2.45) is 0 Å². The van der Waals surface area contributed by atoms with Crippen molar-refractivity contribution in [3.63, 3.8) is 0 Å². The highest BCUT2D eigenvalue weighted by Gasteiger charge is 2.47. The van der Waals surface area contributed by atoms with Crippen molar-refractivity contribution in [3.05, 3.63) is 29.3 Å². The van der Waals surface area contributed by atoms with Gasteiger partial charge in [-0.25, -0.2) is 0 Å². The molecule has 112 valence electrons. The van der Waals surface area contributed by atoms with Crippen molar-refractivity contribution in [2.75, 3.05) is 6.54 Å². The maximum Gasteiger partial charge on any atom is 0.131 e. The Morgan fingerprint density at radius 1 is 1.38 bits per heavy atom. The van der Waals surface area contributed by atoms with Crippen LogP contribution in [0.3, 0.4) is 0 Å². The summed E-state index contributed by atoms with van der Waals surface area (Å²) in [4.78, 5) is 1.91. The molecule has 3 atom stereocenters. The van der Waals surface area contributed by atoms with Gasteiger partial charge in [0.2, 0.25) is 0 Å². The monoisotopic (exact) mass is 288 g/mol. The summed E-state index contributed by atoms with van der Waals surface area (Å²) in [5.41, 5.74) is 0.568. The first-order valence-electron chi connectivity index (χ1n) is 7.29. The SMILES string of the molecule is CC1(C)Oc2ccc(C#N)cc2[C@@H](N2CCCC2O)[C@@H]1O. The zero-order valence-corrected chi connectivity index (χ0v) is 12.3. The quantitative estimate of drug-likeness (QED) is 0.820. The molecule has 0 radical (unpaired) electrons. The van der Waals surface area contributed by atoms with Crippen LogP contribution in [0.1, 0.15) is 43.9 Å². The number of likely N-dealkylation sites (tertiary alicyclic amines) is 1. The van der Waals surface area contributed by atoms with E-state index in [1.165, 1.54) is 0 Å². The molecule has 0 aromatic heterocycles. The number of rotatable bonds is 1. The van der Waals surface area contributed by atoms with E-state index >= 15 is 0 Å². The number of ether oxygens (including phenoxy) is 1. The van der Waals surface area contributed by atoms with Gasteiger partial charge in [-0.15, -0.1) is 0 Å². The summed E-state index contributed by atoms with van der Waals surface area (Å²) in [6.07, 6.45) is 0.278. The molecule has 2 aliphatic rings. The van der Waals surface area contributed by atoms with Gasteiger partial charge < -0.3 is 14.9 Å². The second kappa shape index (κ2) is 4.99. The molecule has 1 aromatic carbocycles. The number of nitriles is 1. The standard InChI is InChI=1S/C16H20N2O3/c1-16(2)15(20)14(18-7-3-4-13(18)19)11-8-10(9-17)5-6-12(11)21-16/h5-6,8,13-15,19-20H,3-4,7H2,1-2H3/t13?,14-,15+/m1/s1. The maximum absolute atomic E-state index is 10.7. The molecule has 5 heteroatoms. The van der Waals surface area contributed by atoms with Crippen LogP contribution in [-0.4, -0.2) is 39.6 Å². The minimum Gasteiger partial charge on any atom is -0.485 e. The Morgan fingerprint density at radius 3 is 2.76 bits per heavy atom. The third kappa shape index (κ3) is 2.30. The first-order valence-corrected chi connectivity index (χ1v) is 7.29. The van der Waals surface area contributed by atoms with Gasteiger partial charge in [0.15, 0.2) is 0 Å². The van der Waals surface area contributed by atoms with Crippen LogP contribution in [0.5, 0.6) is 5.75 Å². The molecule has 3 rings (SSSR count).